The molecule has 90 valence electrons. The molecule has 0 saturated carbocycles. The molecule has 0 spiro atoms. The van der Waals surface area contributed by atoms with Crippen molar-refractivity contribution >= 4 is 11.6 Å². The van der Waals surface area contributed by atoms with Crippen LogP contribution < -0.4 is 0 Å². The van der Waals surface area contributed by atoms with Crippen LogP contribution in [0.5, 0.6) is 0 Å². The number of carbonyl (C=O) groups is 1. The van der Waals surface area contributed by atoms with Crippen molar-refractivity contribution in [3.05, 3.63) is 30.0 Å². The van der Waals surface area contributed by atoms with Gasteiger partial charge in [-0.3, -0.25) is 9.20 Å². The predicted molar refractivity (Wildman–Crippen MR) is 63.0 cm³/mol. The molecule has 0 aliphatic carbocycles. The van der Waals surface area contributed by atoms with E-state index in [0.29, 0.717) is 12.3 Å². The molecule has 0 unspecified atom stereocenters. The summed E-state index contributed by atoms with van der Waals surface area (Å²) >= 11 is 0. The van der Waals surface area contributed by atoms with Crippen LogP contribution >= 0.6 is 0 Å². The smallest absolute Gasteiger partial charge is 0.303 e. The second kappa shape index (κ2) is 4.53. The van der Waals surface area contributed by atoms with Crippen LogP contribution in [0.25, 0.3) is 5.65 Å². The lowest BCUT2D eigenvalue weighted by molar-refractivity contribution is -0.136. The minimum absolute atomic E-state index is 0.106. The lowest BCUT2D eigenvalue weighted by atomic mass is 10.1. The molecule has 1 N–H and O–H groups in total. The molecule has 0 atom stereocenters. The van der Waals surface area contributed by atoms with E-state index in [4.69, 9.17) is 5.11 Å². The van der Waals surface area contributed by atoms with Crippen LogP contribution in [0.2, 0.25) is 0 Å². The van der Waals surface area contributed by atoms with Gasteiger partial charge < -0.3 is 5.11 Å². The van der Waals surface area contributed by atoms with Crippen molar-refractivity contribution in [1.82, 2.24) is 14.4 Å². The van der Waals surface area contributed by atoms with Crippen molar-refractivity contribution in [2.45, 2.75) is 32.6 Å². The first kappa shape index (κ1) is 11.6. The van der Waals surface area contributed by atoms with E-state index in [-0.39, 0.29) is 6.42 Å². The van der Waals surface area contributed by atoms with Crippen molar-refractivity contribution in [3.8, 4) is 0 Å². The van der Waals surface area contributed by atoms with Gasteiger partial charge in [0.05, 0.1) is 12.1 Å². The number of aliphatic carboxylic acids is 1. The van der Waals surface area contributed by atoms with Crippen molar-refractivity contribution in [2.24, 2.45) is 0 Å². The highest BCUT2D eigenvalue weighted by molar-refractivity contribution is 5.67. The minimum atomic E-state index is -0.803. The Morgan fingerprint density at radius 3 is 2.94 bits per heavy atom. The third-order valence-corrected chi connectivity index (χ3v) is 2.61. The first-order valence-electron chi connectivity index (χ1n) is 5.61. The number of carboxylic acids is 1. The van der Waals surface area contributed by atoms with Gasteiger partial charge in [0.25, 0.3) is 0 Å². The lowest BCUT2D eigenvalue weighted by Crippen LogP contribution is -1.97. The van der Waals surface area contributed by atoms with Crippen molar-refractivity contribution in [2.75, 3.05) is 0 Å². The Morgan fingerprint density at radius 2 is 2.29 bits per heavy atom. The molecule has 0 aliphatic heterocycles. The average Bonchev–Trinajstić information content (AvgIpc) is 2.67. The summed E-state index contributed by atoms with van der Waals surface area (Å²) < 4.78 is 1.82. The molecule has 5 heteroatoms. The second-order valence-electron chi connectivity index (χ2n) is 4.36. The summed E-state index contributed by atoms with van der Waals surface area (Å²) in [6, 6.07) is 1.94. The number of carboxylic acid groups (broad SMARTS) is 1. The fraction of sp³-hybridized carbons (Fsp3) is 0.417. The maximum absolute atomic E-state index is 10.5. The molecule has 5 nitrogen and oxygen atoms in total. The van der Waals surface area contributed by atoms with Crippen LogP contribution in [0.15, 0.2) is 18.6 Å². The number of fused-ring (bicyclic) bond motifs is 1. The largest absolute Gasteiger partial charge is 0.481 e. The van der Waals surface area contributed by atoms with E-state index in [1.165, 1.54) is 0 Å². The Hall–Kier alpha value is -1.91. The van der Waals surface area contributed by atoms with Crippen LogP contribution in [0.4, 0.5) is 0 Å². The molecule has 0 aromatic carbocycles. The van der Waals surface area contributed by atoms with Gasteiger partial charge in [0.2, 0.25) is 0 Å². The summed E-state index contributed by atoms with van der Waals surface area (Å²) in [5, 5.41) is 8.62. The zero-order valence-electron chi connectivity index (χ0n) is 9.92. The quantitative estimate of drug-likeness (QED) is 0.875. The minimum Gasteiger partial charge on any atom is -0.481 e. The number of nitrogens with zero attached hydrogens (tertiary/aromatic N) is 3. The van der Waals surface area contributed by atoms with Gasteiger partial charge in [0, 0.05) is 24.4 Å². The van der Waals surface area contributed by atoms with E-state index < -0.39 is 5.97 Å². The molecule has 0 saturated heterocycles. The third kappa shape index (κ3) is 2.61. The molecule has 17 heavy (non-hydrogen) atoms. The Balaban J connectivity index is 2.27. The molecule has 0 bridgehead atoms. The van der Waals surface area contributed by atoms with Crippen LogP contribution in [0.3, 0.4) is 0 Å². The van der Waals surface area contributed by atoms with Crippen LogP contribution in [0, 0.1) is 0 Å². The first-order valence-corrected chi connectivity index (χ1v) is 5.61. The molecule has 0 fully saturated rings. The normalized spacial score (nSPS) is 11.2. The Bertz CT molecular complexity index is 546. The lowest BCUT2D eigenvalue weighted by Gasteiger charge is -2.02. The number of hydrogen-bond acceptors (Lipinski definition) is 3. The molecule has 0 aliphatic rings. The van der Waals surface area contributed by atoms with Crippen molar-refractivity contribution in [1.29, 1.82) is 0 Å². The summed E-state index contributed by atoms with van der Waals surface area (Å²) in [7, 11) is 0. The standard InChI is InChI=1S/C12H15N3O2/c1-8(2)10-5-11-14-9(3-4-12(16)17)6-15(11)7-13-10/h5-8H,3-4H2,1-2H3,(H,16,17). The SMILES string of the molecule is CC(C)c1cc2nc(CCC(=O)O)cn2cn1. The fourth-order valence-corrected chi connectivity index (χ4v) is 1.63. The summed E-state index contributed by atoms with van der Waals surface area (Å²) in [5.41, 5.74) is 2.60. The predicted octanol–water partition coefficient (Wildman–Crippen LogP) is 1.87. The summed E-state index contributed by atoms with van der Waals surface area (Å²) in [4.78, 5) is 19.2. The maximum Gasteiger partial charge on any atom is 0.303 e. The van der Waals surface area contributed by atoms with Gasteiger partial charge >= 0.3 is 5.97 Å². The fourth-order valence-electron chi connectivity index (χ4n) is 1.63. The van der Waals surface area contributed by atoms with Gasteiger partial charge in [-0.1, -0.05) is 13.8 Å². The molecular formula is C12H15N3O2. The highest BCUT2D eigenvalue weighted by Gasteiger charge is 2.07. The van der Waals surface area contributed by atoms with Gasteiger partial charge in [0.15, 0.2) is 0 Å². The van der Waals surface area contributed by atoms with E-state index in [2.05, 4.69) is 23.8 Å². The molecule has 0 amide bonds. The van der Waals surface area contributed by atoms with E-state index in [0.717, 1.165) is 17.0 Å². The van der Waals surface area contributed by atoms with Crippen molar-refractivity contribution < 1.29 is 9.90 Å². The maximum atomic E-state index is 10.5. The number of aromatic nitrogens is 3. The van der Waals surface area contributed by atoms with E-state index in [9.17, 15) is 4.79 Å². The number of aryl methyl sites for hydroxylation is 1. The van der Waals surface area contributed by atoms with E-state index in [1.54, 1.807) is 6.33 Å². The zero-order valence-corrected chi connectivity index (χ0v) is 9.92. The molecular weight excluding hydrogens is 218 g/mol. The number of rotatable bonds is 4. The average molecular weight is 233 g/mol. The van der Waals surface area contributed by atoms with Gasteiger partial charge in [-0.15, -0.1) is 0 Å². The van der Waals surface area contributed by atoms with E-state index >= 15 is 0 Å². The molecule has 0 radical (unpaired) electrons. The third-order valence-electron chi connectivity index (χ3n) is 2.61. The molecule has 2 aromatic rings. The van der Waals surface area contributed by atoms with Crippen LogP contribution in [0.1, 0.15) is 37.6 Å². The molecule has 2 rings (SSSR count). The van der Waals surface area contributed by atoms with Crippen LogP contribution in [-0.4, -0.2) is 25.4 Å². The van der Waals surface area contributed by atoms with Gasteiger partial charge in [0.1, 0.15) is 12.0 Å². The Morgan fingerprint density at radius 1 is 1.53 bits per heavy atom. The van der Waals surface area contributed by atoms with Gasteiger partial charge in [-0.05, 0) is 5.92 Å². The molecule has 2 heterocycles. The first-order chi connectivity index (χ1) is 8.06. The Kier molecular flexibility index (Phi) is 3.08. The number of imidazole rings is 1. The van der Waals surface area contributed by atoms with Crippen molar-refractivity contribution in [3.63, 3.8) is 0 Å². The Labute approximate surface area is 99.1 Å². The number of hydrogen-bond donors (Lipinski definition) is 1. The highest BCUT2D eigenvalue weighted by Crippen LogP contribution is 2.14. The zero-order chi connectivity index (χ0) is 12.4. The van der Waals surface area contributed by atoms with Crippen LogP contribution in [-0.2, 0) is 11.2 Å². The summed E-state index contributed by atoms with van der Waals surface area (Å²) in [6.07, 6.45) is 4.11. The highest BCUT2D eigenvalue weighted by atomic mass is 16.4. The van der Waals surface area contributed by atoms with Gasteiger partial charge in [-0.2, -0.15) is 0 Å². The monoisotopic (exact) mass is 233 g/mol. The van der Waals surface area contributed by atoms with Gasteiger partial charge in [-0.25, -0.2) is 9.97 Å². The molecule has 2 aromatic heterocycles. The topological polar surface area (TPSA) is 67.5 Å². The summed E-state index contributed by atoms with van der Waals surface area (Å²) in [6.45, 7) is 4.15. The summed E-state index contributed by atoms with van der Waals surface area (Å²) in [5.74, 6) is -0.442. The van der Waals surface area contributed by atoms with E-state index in [1.807, 2.05) is 16.7 Å². The second-order valence-corrected chi connectivity index (χ2v) is 4.36.